The van der Waals surface area contributed by atoms with Gasteiger partial charge in [-0.15, -0.1) is 0 Å². The van der Waals surface area contributed by atoms with E-state index in [2.05, 4.69) is 17.2 Å². The van der Waals surface area contributed by atoms with Crippen LogP contribution < -0.4 is 5.32 Å². The van der Waals surface area contributed by atoms with Crippen LogP contribution in [-0.4, -0.2) is 17.6 Å². The number of aliphatic hydroxyl groups is 1. The van der Waals surface area contributed by atoms with Crippen molar-refractivity contribution in [3.63, 3.8) is 0 Å². The van der Waals surface area contributed by atoms with Gasteiger partial charge in [0, 0.05) is 5.56 Å². The number of hydrogen-bond donors (Lipinski definition) is 2. The predicted molar refractivity (Wildman–Crippen MR) is 79.5 cm³/mol. The Labute approximate surface area is 122 Å². The Balaban J connectivity index is 2.30. The fourth-order valence-corrected chi connectivity index (χ4v) is 1.85. The molecule has 0 spiro atoms. The topological polar surface area (TPSA) is 49.3 Å². The highest BCUT2D eigenvalue weighted by molar-refractivity contribution is 6.05. The number of nitrogens with one attached hydrogen (secondary N) is 1. The number of hydrogen-bond acceptors (Lipinski definition) is 2. The molecule has 0 aliphatic heterocycles. The van der Waals surface area contributed by atoms with Crippen LogP contribution in [0.4, 0.5) is 10.1 Å². The van der Waals surface area contributed by atoms with E-state index in [1.54, 1.807) is 43.3 Å². The van der Waals surface area contributed by atoms with Crippen molar-refractivity contribution in [1.82, 2.24) is 0 Å². The molecule has 0 fully saturated rings. The van der Waals surface area contributed by atoms with Crippen LogP contribution in [0.5, 0.6) is 0 Å². The van der Waals surface area contributed by atoms with E-state index in [9.17, 15) is 9.18 Å². The first-order valence-electron chi connectivity index (χ1n) is 6.38. The maximum Gasteiger partial charge on any atom is 0.258 e. The second kappa shape index (κ2) is 6.69. The van der Waals surface area contributed by atoms with E-state index in [1.807, 2.05) is 0 Å². The minimum atomic E-state index is -0.533. The molecule has 1 amide bonds. The molecule has 0 unspecified atom stereocenters. The Kier molecular flexibility index (Phi) is 4.70. The summed E-state index contributed by atoms with van der Waals surface area (Å²) in [6.45, 7) is 1.33. The van der Waals surface area contributed by atoms with Crippen LogP contribution in [0.25, 0.3) is 0 Å². The van der Waals surface area contributed by atoms with Crippen LogP contribution >= 0.6 is 0 Å². The van der Waals surface area contributed by atoms with Crippen molar-refractivity contribution >= 4 is 11.6 Å². The number of rotatable bonds is 2. The van der Waals surface area contributed by atoms with Gasteiger partial charge in [-0.3, -0.25) is 4.79 Å². The van der Waals surface area contributed by atoms with Gasteiger partial charge in [-0.25, -0.2) is 4.39 Å². The van der Waals surface area contributed by atoms with E-state index < -0.39 is 11.7 Å². The molecule has 2 aromatic rings. The third-order valence-corrected chi connectivity index (χ3v) is 2.91. The molecule has 0 aliphatic rings. The number of carbonyl (C=O) groups is 1. The number of benzene rings is 2. The number of para-hydroxylation sites is 1. The van der Waals surface area contributed by atoms with Gasteiger partial charge in [-0.1, -0.05) is 36.1 Å². The van der Waals surface area contributed by atoms with Crippen molar-refractivity contribution in [3.8, 4) is 11.8 Å². The number of anilines is 1. The number of carbonyl (C=O) groups excluding carboxylic acids is 1. The normalized spacial score (nSPS) is 9.67. The maximum atomic E-state index is 13.9. The predicted octanol–water partition coefficient (Wildman–Crippen LogP) is 2.73. The molecule has 4 heteroatoms. The smallest absolute Gasteiger partial charge is 0.258 e. The third-order valence-electron chi connectivity index (χ3n) is 2.91. The molecule has 0 saturated carbocycles. The molecule has 3 nitrogen and oxygen atoms in total. The molecule has 0 atom stereocenters. The van der Waals surface area contributed by atoms with E-state index in [0.29, 0.717) is 16.8 Å². The lowest BCUT2D eigenvalue weighted by atomic mass is 10.1. The van der Waals surface area contributed by atoms with Crippen LogP contribution in [0.3, 0.4) is 0 Å². The maximum absolute atomic E-state index is 13.9. The van der Waals surface area contributed by atoms with Crippen LogP contribution in [-0.2, 0) is 0 Å². The highest BCUT2D eigenvalue weighted by Crippen LogP contribution is 2.17. The summed E-state index contributed by atoms with van der Waals surface area (Å²) in [5.41, 5.74) is 1.44. The summed E-state index contributed by atoms with van der Waals surface area (Å²) < 4.78 is 13.9. The van der Waals surface area contributed by atoms with E-state index in [1.165, 1.54) is 6.07 Å². The average Bonchev–Trinajstić information content (AvgIpc) is 2.49. The summed E-state index contributed by atoms with van der Waals surface area (Å²) in [5, 5.41) is 11.4. The van der Waals surface area contributed by atoms with E-state index in [4.69, 9.17) is 5.11 Å². The highest BCUT2D eigenvalue weighted by atomic mass is 19.1. The Morgan fingerprint density at radius 3 is 2.76 bits per heavy atom. The van der Waals surface area contributed by atoms with Gasteiger partial charge in [-0.05, 0) is 30.7 Å². The average molecular weight is 283 g/mol. The summed E-state index contributed by atoms with van der Waals surface area (Å²) >= 11 is 0. The van der Waals surface area contributed by atoms with Gasteiger partial charge in [0.2, 0.25) is 0 Å². The SMILES string of the molecule is Cc1cccc(C(=O)Nc2ccccc2C#CCO)c1F. The summed E-state index contributed by atoms with van der Waals surface area (Å²) in [4.78, 5) is 12.2. The first kappa shape index (κ1) is 14.8. The van der Waals surface area contributed by atoms with Crippen molar-refractivity contribution in [2.75, 3.05) is 11.9 Å². The van der Waals surface area contributed by atoms with Crippen LogP contribution in [0.2, 0.25) is 0 Å². The van der Waals surface area contributed by atoms with Gasteiger partial charge in [0.25, 0.3) is 5.91 Å². The molecule has 0 aromatic heterocycles. The van der Waals surface area contributed by atoms with Crippen molar-refractivity contribution in [1.29, 1.82) is 0 Å². The molecule has 2 aromatic carbocycles. The van der Waals surface area contributed by atoms with E-state index in [0.717, 1.165) is 0 Å². The fraction of sp³-hybridized carbons (Fsp3) is 0.118. The van der Waals surface area contributed by atoms with Gasteiger partial charge < -0.3 is 10.4 Å². The molecular weight excluding hydrogens is 269 g/mol. The molecule has 106 valence electrons. The zero-order valence-electron chi connectivity index (χ0n) is 11.5. The molecule has 0 aliphatic carbocycles. The largest absolute Gasteiger partial charge is 0.384 e. The Morgan fingerprint density at radius 1 is 1.24 bits per heavy atom. The summed E-state index contributed by atoms with van der Waals surface area (Å²) in [6.07, 6.45) is 0. The summed E-state index contributed by atoms with van der Waals surface area (Å²) in [7, 11) is 0. The standard InChI is InChI=1S/C17H14FNO2/c1-12-6-4-9-14(16(12)18)17(21)19-15-10-3-2-7-13(15)8-5-11-20/h2-4,6-7,9-10,20H,11H2,1H3,(H,19,21). The minimum Gasteiger partial charge on any atom is -0.384 e. The van der Waals surface area contributed by atoms with Crippen molar-refractivity contribution in [2.45, 2.75) is 6.92 Å². The van der Waals surface area contributed by atoms with Crippen molar-refractivity contribution < 1.29 is 14.3 Å². The highest BCUT2D eigenvalue weighted by Gasteiger charge is 2.14. The summed E-state index contributed by atoms with van der Waals surface area (Å²) in [6, 6.07) is 11.6. The van der Waals surface area contributed by atoms with Gasteiger partial charge in [0.1, 0.15) is 12.4 Å². The zero-order valence-corrected chi connectivity index (χ0v) is 11.5. The van der Waals surface area contributed by atoms with Gasteiger partial charge in [0.05, 0.1) is 11.3 Å². The Morgan fingerprint density at radius 2 is 2.00 bits per heavy atom. The van der Waals surface area contributed by atoms with Gasteiger partial charge >= 0.3 is 0 Å². The number of amides is 1. The first-order valence-corrected chi connectivity index (χ1v) is 6.38. The van der Waals surface area contributed by atoms with Crippen molar-refractivity contribution in [3.05, 3.63) is 65.0 Å². The molecular formula is C17H14FNO2. The van der Waals surface area contributed by atoms with Crippen LogP contribution in [0.15, 0.2) is 42.5 Å². The Bertz CT molecular complexity index is 729. The van der Waals surface area contributed by atoms with Crippen molar-refractivity contribution in [2.24, 2.45) is 0 Å². The number of aliphatic hydroxyl groups excluding tert-OH is 1. The molecule has 21 heavy (non-hydrogen) atoms. The minimum absolute atomic E-state index is 0.0140. The summed E-state index contributed by atoms with van der Waals surface area (Å²) in [5.74, 6) is 4.19. The lowest BCUT2D eigenvalue weighted by Gasteiger charge is -2.09. The molecule has 0 bridgehead atoms. The zero-order chi connectivity index (χ0) is 15.2. The first-order chi connectivity index (χ1) is 10.1. The molecule has 0 heterocycles. The Hall–Kier alpha value is -2.64. The van der Waals surface area contributed by atoms with Crippen LogP contribution in [0.1, 0.15) is 21.5 Å². The molecule has 0 radical (unpaired) electrons. The molecule has 2 rings (SSSR count). The number of halogens is 1. The van der Waals surface area contributed by atoms with Gasteiger partial charge in [0.15, 0.2) is 0 Å². The van der Waals surface area contributed by atoms with Gasteiger partial charge in [-0.2, -0.15) is 0 Å². The quantitative estimate of drug-likeness (QED) is 0.833. The second-order valence-corrected chi connectivity index (χ2v) is 4.40. The third kappa shape index (κ3) is 3.47. The lowest BCUT2D eigenvalue weighted by molar-refractivity contribution is 0.102. The van der Waals surface area contributed by atoms with Crippen LogP contribution in [0, 0.1) is 24.6 Å². The lowest BCUT2D eigenvalue weighted by Crippen LogP contribution is -2.15. The second-order valence-electron chi connectivity index (χ2n) is 4.40. The fourth-order valence-electron chi connectivity index (χ4n) is 1.85. The van der Waals surface area contributed by atoms with E-state index in [-0.39, 0.29) is 12.2 Å². The van der Waals surface area contributed by atoms with E-state index >= 15 is 0 Å². The number of aryl methyl sites for hydroxylation is 1. The molecule has 0 saturated heterocycles. The monoisotopic (exact) mass is 283 g/mol. The molecule has 2 N–H and O–H groups in total.